The molecule has 0 aliphatic carbocycles. The van der Waals surface area contributed by atoms with E-state index in [1.807, 2.05) is 10.9 Å². The van der Waals surface area contributed by atoms with Gasteiger partial charge in [-0.15, -0.1) is 0 Å². The van der Waals surface area contributed by atoms with Gasteiger partial charge in [0.05, 0.1) is 6.20 Å². The lowest BCUT2D eigenvalue weighted by molar-refractivity contribution is 0.0453. The Morgan fingerprint density at radius 1 is 1.50 bits per heavy atom. The number of hydrogen-bond acceptors (Lipinski definition) is 3. The van der Waals surface area contributed by atoms with Crippen LogP contribution in [0.15, 0.2) is 12.4 Å². The van der Waals surface area contributed by atoms with E-state index in [1.165, 1.54) is 12.0 Å². The van der Waals surface area contributed by atoms with Gasteiger partial charge in [-0.3, -0.25) is 9.58 Å². The molecule has 1 saturated heterocycles. The largest absolute Gasteiger partial charge is 0.311 e. The van der Waals surface area contributed by atoms with Gasteiger partial charge in [-0.1, -0.05) is 6.92 Å². The Balaban J connectivity index is 2.08. The van der Waals surface area contributed by atoms with Crippen LogP contribution >= 0.6 is 0 Å². The zero-order chi connectivity index (χ0) is 13.2. The van der Waals surface area contributed by atoms with Gasteiger partial charge < -0.3 is 5.32 Å². The highest BCUT2D eigenvalue weighted by molar-refractivity contribution is 5.06. The lowest BCUT2D eigenvalue weighted by Gasteiger charge is -2.47. The molecule has 2 atom stereocenters. The van der Waals surface area contributed by atoms with Crippen molar-refractivity contribution in [2.24, 2.45) is 0 Å². The van der Waals surface area contributed by atoms with Crippen LogP contribution in [0.4, 0.5) is 0 Å². The summed E-state index contributed by atoms with van der Waals surface area (Å²) in [6.45, 7) is 13.2. The summed E-state index contributed by atoms with van der Waals surface area (Å²) < 4.78 is 2.00. The third kappa shape index (κ3) is 2.75. The van der Waals surface area contributed by atoms with Crippen LogP contribution in [0.25, 0.3) is 0 Å². The zero-order valence-corrected chi connectivity index (χ0v) is 12.1. The standard InChI is InChI=1S/C14H26N4/c1-5-14(4)11-15-12(3)8-17(14)9-13-7-16-18(6-2)10-13/h7,10,12,15H,5-6,8-9,11H2,1-4H3. The molecule has 2 heterocycles. The number of aryl methyl sites for hydroxylation is 1. The molecular weight excluding hydrogens is 224 g/mol. The monoisotopic (exact) mass is 250 g/mol. The first-order valence-electron chi connectivity index (χ1n) is 7.07. The number of rotatable bonds is 4. The molecule has 0 amide bonds. The van der Waals surface area contributed by atoms with Gasteiger partial charge in [0.25, 0.3) is 0 Å². The lowest BCUT2D eigenvalue weighted by Crippen LogP contribution is -2.61. The second-order valence-electron chi connectivity index (χ2n) is 5.72. The molecule has 1 aromatic heterocycles. The molecule has 2 rings (SSSR count). The Kier molecular flexibility index (Phi) is 4.07. The fourth-order valence-electron chi connectivity index (χ4n) is 2.61. The third-order valence-corrected chi connectivity index (χ3v) is 4.23. The molecule has 2 unspecified atom stereocenters. The minimum absolute atomic E-state index is 0.265. The minimum atomic E-state index is 0.265. The van der Waals surface area contributed by atoms with Crippen LogP contribution in [-0.4, -0.2) is 39.4 Å². The summed E-state index contributed by atoms with van der Waals surface area (Å²) in [5.41, 5.74) is 1.59. The molecule has 1 N–H and O–H groups in total. The average Bonchev–Trinajstić information content (AvgIpc) is 2.82. The van der Waals surface area contributed by atoms with E-state index in [1.54, 1.807) is 0 Å². The van der Waals surface area contributed by atoms with Crippen molar-refractivity contribution < 1.29 is 0 Å². The Bertz CT molecular complexity index is 387. The van der Waals surface area contributed by atoms with E-state index in [4.69, 9.17) is 0 Å². The van der Waals surface area contributed by atoms with Crippen LogP contribution < -0.4 is 5.32 Å². The molecule has 0 saturated carbocycles. The first kappa shape index (κ1) is 13.6. The molecule has 102 valence electrons. The summed E-state index contributed by atoms with van der Waals surface area (Å²) in [6, 6.07) is 0.575. The van der Waals surface area contributed by atoms with E-state index in [2.05, 4.69) is 49.2 Å². The van der Waals surface area contributed by atoms with Gasteiger partial charge in [0.15, 0.2) is 0 Å². The smallest absolute Gasteiger partial charge is 0.0534 e. The van der Waals surface area contributed by atoms with Crippen molar-refractivity contribution in [2.45, 2.75) is 58.8 Å². The van der Waals surface area contributed by atoms with E-state index in [0.717, 1.165) is 26.2 Å². The van der Waals surface area contributed by atoms with Crippen LogP contribution in [0.1, 0.15) is 39.7 Å². The van der Waals surface area contributed by atoms with Gasteiger partial charge >= 0.3 is 0 Å². The van der Waals surface area contributed by atoms with Crippen LogP contribution in [0.3, 0.4) is 0 Å². The SMILES string of the molecule is CCn1cc(CN2CC(C)NCC2(C)CC)cn1. The molecule has 4 nitrogen and oxygen atoms in total. The number of nitrogens with one attached hydrogen (secondary N) is 1. The Morgan fingerprint density at radius 2 is 2.28 bits per heavy atom. The van der Waals surface area contributed by atoms with Gasteiger partial charge in [0.2, 0.25) is 0 Å². The zero-order valence-electron chi connectivity index (χ0n) is 12.1. The Hall–Kier alpha value is -0.870. The van der Waals surface area contributed by atoms with Crippen LogP contribution in [0.2, 0.25) is 0 Å². The summed E-state index contributed by atoms with van der Waals surface area (Å²) in [4.78, 5) is 2.60. The average molecular weight is 250 g/mol. The number of aromatic nitrogens is 2. The maximum atomic E-state index is 4.37. The summed E-state index contributed by atoms with van der Waals surface area (Å²) >= 11 is 0. The highest BCUT2D eigenvalue weighted by Gasteiger charge is 2.34. The maximum absolute atomic E-state index is 4.37. The fraction of sp³-hybridized carbons (Fsp3) is 0.786. The van der Waals surface area contributed by atoms with E-state index in [0.29, 0.717) is 6.04 Å². The first-order chi connectivity index (χ1) is 8.57. The maximum Gasteiger partial charge on any atom is 0.0534 e. The first-order valence-corrected chi connectivity index (χ1v) is 7.07. The van der Waals surface area contributed by atoms with Gasteiger partial charge in [-0.05, 0) is 27.2 Å². The Morgan fingerprint density at radius 3 is 2.89 bits per heavy atom. The van der Waals surface area contributed by atoms with E-state index >= 15 is 0 Å². The predicted molar refractivity (Wildman–Crippen MR) is 74.5 cm³/mol. The summed E-state index contributed by atoms with van der Waals surface area (Å²) in [7, 11) is 0. The van der Waals surface area contributed by atoms with Crippen molar-refractivity contribution in [3.8, 4) is 0 Å². The molecule has 18 heavy (non-hydrogen) atoms. The van der Waals surface area contributed by atoms with Crippen LogP contribution in [0, 0.1) is 0 Å². The molecule has 1 aliphatic rings. The van der Waals surface area contributed by atoms with E-state index < -0.39 is 0 Å². The van der Waals surface area contributed by atoms with Gasteiger partial charge in [0.1, 0.15) is 0 Å². The molecule has 0 bridgehead atoms. The molecule has 1 fully saturated rings. The second kappa shape index (κ2) is 5.41. The van der Waals surface area contributed by atoms with Gasteiger partial charge in [-0.2, -0.15) is 5.10 Å². The molecule has 0 spiro atoms. The van der Waals surface area contributed by atoms with Crippen LogP contribution in [-0.2, 0) is 13.1 Å². The third-order valence-electron chi connectivity index (χ3n) is 4.23. The molecule has 1 aliphatic heterocycles. The van der Waals surface area contributed by atoms with Crippen molar-refractivity contribution in [1.29, 1.82) is 0 Å². The molecular formula is C14H26N4. The fourth-order valence-corrected chi connectivity index (χ4v) is 2.61. The minimum Gasteiger partial charge on any atom is -0.311 e. The molecule has 4 heteroatoms. The second-order valence-corrected chi connectivity index (χ2v) is 5.72. The van der Waals surface area contributed by atoms with Gasteiger partial charge in [-0.25, -0.2) is 0 Å². The van der Waals surface area contributed by atoms with Crippen molar-refractivity contribution in [2.75, 3.05) is 13.1 Å². The van der Waals surface area contributed by atoms with Crippen molar-refractivity contribution in [1.82, 2.24) is 20.0 Å². The van der Waals surface area contributed by atoms with E-state index in [-0.39, 0.29) is 5.54 Å². The van der Waals surface area contributed by atoms with E-state index in [9.17, 15) is 0 Å². The topological polar surface area (TPSA) is 33.1 Å². The van der Waals surface area contributed by atoms with Crippen molar-refractivity contribution in [3.63, 3.8) is 0 Å². The lowest BCUT2D eigenvalue weighted by atomic mass is 9.92. The van der Waals surface area contributed by atoms with Gasteiger partial charge in [0, 0.05) is 49.5 Å². The normalized spacial score (nSPS) is 29.7. The Labute approximate surface area is 110 Å². The highest BCUT2D eigenvalue weighted by atomic mass is 15.3. The summed E-state index contributed by atoms with van der Waals surface area (Å²) in [5.74, 6) is 0. The summed E-state index contributed by atoms with van der Waals surface area (Å²) in [5, 5.41) is 7.96. The van der Waals surface area contributed by atoms with Crippen LogP contribution in [0.5, 0.6) is 0 Å². The number of piperazine rings is 1. The predicted octanol–water partition coefficient (Wildman–Crippen LogP) is 1.87. The summed E-state index contributed by atoms with van der Waals surface area (Å²) in [6.07, 6.45) is 5.35. The van der Waals surface area contributed by atoms with Crippen molar-refractivity contribution >= 4 is 0 Å². The number of nitrogens with zero attached hydrogens (tertiary/aromatic N) is 3. The molecule has 0 radical (unpaired) electrons. The quantitative estimate of drug-likeness (QED) is 0.885. The molecule has 1 aromatic rings. The number of hydrogen-bond donors (Lipinski definition) is 1. The van der Waals surface area contributed by atoms with Crippen molar-refractivity contribution in [3.05, 3.63) is 18.0 Å². The highest BCUT2D eigenvalue weighted by Crippen LogP contribution is 2.24. The molecule has 0 aromatic carbocycles.